The number of amides is 2. The number of carboxylic acids is 1. The number of carboxylic acid groups (broad SMARTS) is 1. The number of benzene rings is 2. The molecule has 1 aliphatic rings. The van der Waals surface area contributed by atoms with Gasteiger partial charge in [-0.25, -0.2) is 14.8 Å². The van der Waals surface area contributed by atoms with E-state index in [0.29, 0.717) is 30.7 Å². The van der Waals surface area contributed by atoms with Crippen LogP contribution in [0.5, 0.6) is 0 Å². The molecule has 2 aromatic heterocycles. The van der Waals surface area contributed by atoms with Crippen LogP contribution < -0.4 is 32.1 Å². The van der Waals surface area contributed by atoms with Crippen molar-refractivity contribution < 1.29 is 19.5 Å². The topological polar surface area (TPSA) is 189 Å². The van der Waals surface area contributed by atoms with E-state index in [9.17, 15) is 24.0 Å². The number of nitrogens with two attached hydrogens (primary N) is 1. The molecule has 216 valence electrons. The summed E-state index contributed by atoms with van der Waals surface area (Å²) in [6, 6.07) is 13.3. The summed E-state index contributed by atoms with van der Waals surface area (Å²) >= 11 is 0. The van der Waals surface area contributed by atoms with E-state index in [1.807, 2.05) is 23.1 Å². The smallest absolute Gasteiger partial charge is 0.335 e. The normalized spacial score (nSPS) is 12.7. The van der Waals surface area contributed by atoms with Crippen LogP contribution in [0.25, 0.3) is 5.65 Å². The van der Waals surface area contributed by atoms with Gasteiger partial charge in [0.25, 0.3) is 22.7 Å². The molecule has 0 spiro atoms. The van der Waals surface area contributed by atoms with Crippen molar-refractivity contribution in [1.82, 2.24) is 25.0 Å². The average Bonchev–Trinajstić information content (AvgIpc) is 3.51. The third kappa shape index (κ3) is 5.19. The molecule has 5 N–H and O–H groups in total. The van der Waals surface area contributed by atoms with E-state index < -0.39 is 28.6 Å². The number of aromatic nitrogens is 3. The molecule has 0 bridgehead atoms. The predicted molar refractivity (Wildman–Crippen MR) is 156 cm³/mol. The highest BCUT2D eigenvalue weighted by Gasteiger charge is 2.27. The van der Waals surface area contributed by atoms with Gasteiger partial charge in [-0.05, 0) is 46.9 Å². The van der Waals surface area contributed by atoms with E-state index in [1.165, 1.54) is 35.1 Å². The van der Waals surface area contributed by atoms with Crippen LogP contribution in [-0.4, -0.2) is 43.8 Å². The Hall–Kier alpha value is -5.85. The first-order chi connectivity index (χ1) is 20.7. The fourth-order valence-electron chi connectivity index (χ4n) is 5.14. The number of hydrogen-bond acceptors (Lipinski definition) is 9. The third-order valence-corrected chi connectivity index (χ3v) is 7.48. The number of nitrogen functional groups attached to an aromatic ring is 1. The SMILES string of the molecule is Nc1c(N2CCc3ccc(CNC(=O)c4cc(C(=O)NCc5ccc(C(=O)O)cc5)nc5cncn45)cc3C2)c(=O)c1=O. The first-order valence-electron chi connectivity index (χ1n) is 13.4. The van der Waals surface area contributed by atoms with Crippen molar-refractivity contribution in [2.75, 3.05) is 17.2 Å². The molecular weight excluding hydrogens is 554 g/mol. The van der Waals surface area contributed by atoms with Crippen molar-refractivity contribution in [1.29, 1.82) is 0 Å². The number of carbonyl (C=O) groups excluding carboxylic acids is 2. The minimum absolute atomic E-state index is 0.00230. The van der Waals surface area contributed by atoms with Crippen LogP contribution in [-0.2, 0) is 26.1 Å². The number of carbonyl (C=O) groups is 3. The van der Waals surface area contributed by atoms with Crippen LogP contribution >= 0.6 is 0 Å². The molecule has 2 amide bonds. The van der Waals surface area contributed by atoms with E-state index in [2.05, 4.69) is 20.6 Å². The Kier molecular flexibility index (Phi) is 6.90. The lowest BCUT2D eigenvalue weighted by Crippen LogP contribution is -2.44. The van der Waals surface area contributed by atoms with Gasteiger partial charge in [-0.1, -0.05) is 30.3 Å². The fourth-order valence-corrected chi connectivity index (χ4v) is 5.14. The van der Waals surface area contributed by atoms with Gasteiger partial charge in [0.1, 0.15) is 29.1 Å². The Bertz CT molecular complexity index is 1990. The highest BCUT2D eigenvalue weighted by molar-refractivity contribution is 5.98. The van der Waals surface area contributed by atoms with Gasteiger partial charge in [0.05, 0.1) is 11.8 Å². The molecular formula is C30H25N7O6. The molecule has 1 aliphatic heterocycles. The van der Waals surface area contributed by atoms with Gasteiger partial charge >= 0.3 is 5.97 Å². The second-order valence-electron chi connectivity index (χ2n) is 10.2. The van der Waals surface area contributed by atoms with Gasteiger partial charge in [-0.3, -0.25) is 23.6 Å². The van der Waals surface area contributed by atoms with Gasteiger partial charge in [0.15, 0.2) is 5.65 Å². The molecule has 0 aliphatic carbocycles. The van der Waals surface area contributed by atoms with Gasteiger partial charge in [0.2, 0.25) is 0 Å². The molecule has 6 rings (SSSR count). The van der Waals surface area contributed by atoms with Crippen molar-refractivity contribution in [3.63, 3.8) is 0 Å². The van der Waals surface area contributed by atoms with Crippen molar-refractivity contribution in [2.45, 2.75) is 26.1 Å². The molecule has 0 radical (unpaired) electrons. The Labute approximate surface area is 243 Å². The molecule has 0 fully saturated rings. The lowest BCUT2D eigenvalue weighted by Gasteiger charge is -2.32. The fraction of sp³-hybridized carbons (Fsp3) is 0.167. The molecule has 13 nitrogen and oxygen atoms in total. The minimum Gasteiger partial charge on any atom is -0.478 e. The number of hydrogen-bond donors (Lipinski definition) is 4. The maximum atomic E-state index is 13.3. The predicted octanol–water partition coefficient (Wildman–Crippen LogP) is 1.03. The number of rotatable bonds is 8. The maximum Gasteiger partial charge on any atom is 0.335 e. The van der Waals surface area contributed by atoms with E-state index >= 15 is 0 Å². The third-order valence-electron chi connectivity index (χ3n) is 7.48. The molecule has 0 saturated heterocycles. The quantitative estimate of drug-likeness (QED) is 0.193. The van der Waals surface area contributed by atoms with Crippen LogP contribution in [0.2, 0.25) is 0 Å². The summed E-state index contributed by atoms with van der Waals surface area (Å²) in [5.74, 6) is -2.00. The van der Waals surface area contributed by atoms with E-state index in [-0.39, 0.29) is 41.4 Å². The van der Waals surface area contributed by atoms with Gasteiger partial charge < -0.3 is 26.4 Å². The summed E-state index contributed by atoms with van der Waals surface area (Å²) in [7, 11) is 0. The Balaban J connectivity index is 1.14. The number of imidazole rings is 1. The van der Waals surface area contributed by atoms with Crippen LogP contribution in [0.1, 0.15) is 53.6 Å². The van der Waals surface area contributed by atoms with Crippen LogP contribution in [0.15, 0.2) is 70.6 Å². The number of nitrogens with one attached hydrogen (secondary N) is 2. The molecule has 5 aromatic rings. The maximum absolute atomic E-state index is 13.3. The van der Waals surface area contributed by atoms with Crippen LogP contribution in [0.4, 0.5) is 11.4 Å². The zero-order chi connectivity index (χ0) is 30.2. The molecule has 13 heteroatoms. The lowest BCUT2D eigenvalue weighted by molar-refractivity contribution is 0.0696. The van der Waals surface area contributed by atoms with Crippen LogP contribution in [0.3, 0.4) is 0 Å². The van der Waals surface area contributed by atoms with Crippen molar-refractivity contribution >= 4 is 34.8 Å². The van der Waals surface area contributed by atoms with Crippen molar-refractivity contribution in [3.05, 3.63) is 121 Å². The first kappa shape index (κ1) is 27.3. The van der Waals surface area contributed by atoms with Gasteiger partial charge in [-0.2, -0.15) is 0 Å². The number of nitrogens with zero attached hydrogens (tertiary/aromatic N) is 4. The zero-order valence-corrected chi connectivity index (χ0v) is 22.7. The number of aromatic carboxylic acids is 1. The summed E-state index contributed by atoms with van der Waals surface area (Å²) < 4.78 is 1.48. The molecule has 0 unspecified atom stereocenters. The molecule has 3 heterocycles. The molecule has 0 atom stereocenters. The van der Waals surface area contributed by atoms with E-state index in [4.69, 9.17) is 10.8 Å². The summed E-state index contributed by atoms with van der Waals surface area (Å²) in [5, 5.41) is 14.7. The minimum atomic E-state index is -1.04. The van der Waals surface area contributed by atoms with Gasteiger partial charge in [0, 0.05) is 26.2 Å². The molecule has 0 saturated carbocycles. The summed E-state index contributed by atoms with van der Waals surface area (Å²) in [6.45, 7) is 1.33. The Morgan fingerprint density at radius 2 is 1.63 bits per heavy atom. The standard InChI is InChI=1S/C30H25N7O6/c31-24-25(27(39)26(24)38)36-8-7-18-4-3-17(9-20(18)14-36)12-34-29(41)22-10-21(35-23-13-32-15-37(22)23)28(40)33-11-16-1-5-19(6-2-16)30(42)43/h1-6,9-10,13,15H,7-8,11-12,14,31H2,(H,33,40)(H,34,41)(H,42,43). The highest BCUT2D eigenvalue weighted by atomic mass is 16.4. The highest BCUT2D eigenvalue weighted by Crippen LogP contribution is 2.26. The zero-order valence-electron chi connectivity index (χ0n) is 22.7. The monoisotopic (exact) mass is 579 g/mol. The largest absolute Gasteiger partial charge is 0.478 e. The Morgan fingerprint density at radius 1 is 0.907 bits per heavy atom. The first-order valence-corrected chi connectivity index (χ1v) is 13.4. The average molecular weight is 580 g/mol. The molecule has 3 aromatic carbocycles. The van der Waals surface area contributed by atoms with Crippen molar-refractivity contribution in [2.24, 2.45) is 0 Å². The molecule has 43 heavy (non-hydrogen) atoms. The number of anilines is 2. The second kappa shape index (κ2) is 10.9. The Morgan fingerprint density at radius 3 is 2.37 bits per heavy atom. The van der Waals surface area contributed by atoms with E-state index in [1.54, 1.807) is 12.1 Å². The second-order valence-corrected chi connectivity index (χ2v) is 10.2. The van der Waals surface area contributed by atoms with E-state index in [0.717, 1.165) is 16.7 Å². The van der Waals surface area contributed by atoms with Crippen molar-refractivity contribution in [3.8, 4) is 0 Å². The summed E-state index contributed by atoms with van der Waals surface area (Å²) in [5.41, 5.74) is 9.08. The van der Waals surface area contributed by atoms with Crippen LogP contribution in [0, 0.1) is 0 Å². The lowest BCUT2D eigenvalue weighted by atomic mass is 9.96. The summed E-state index contributed by atoms with van der Waals surface area (Å²) in [6.07, 6.45) is 3.56. The number of fused-ring (bicyclic) bond motifs is 2. The van der Waals surface area contributed by atoms with Gasteiger partial charge in [-0.15, -0.1) is 0 Å². The summed E-state index contributed by atoms with van der Waals surface area (Å²) in [4.78, 5) is 71.0.